The van der Waals surface area contributed by atoms with E-state index in [0.29, 0.717) is 43.0 Å². The number of hydrogen-bond acceptors (Lipinski definition) is 5. The van der Waals surface area contributed by atoms with Crippen molar-refractivity contribution in [2.24, 2.45) is 18.0 Å². The lowest BCUT2D eigenvalue weighted by molar-refractivity contribution is 0.180. The van der Waals surface area contributed by atoms with Gasteiger partial charge in [0.15, 0.2) is 5.90 Å². The zero-order valence-corrected chi connectivity index (χ0v) is 18.4. The standard InChI is InChI=1S/C24H30FN3O4/c1-27-21-20(23(30)28(24(27)31)13-4-14-29)12-9-17(15-16-7-10-18(25)11-8-16)22(26-21)32-19-5-2-3-6-19/h7-8,10-11,17,19,29H,2-6,9,12-15H2,1H3. The average Bonchev–Trinajstić information content (AvgIpc) is 3.23. The van der Waals surface area contributed by atoms with Crippen LogP contribution in [0, 0.1) is 11.7 Å². The number of aromatic nitrogens is 2. The van der Waals surface area contributed by atoms with Crippen LogP contribution >= 0.6 is 0 Å². The third-order valence-corrected chi connectivity index (χ3v) is 6.44. The van der Waals surface area contributed by atoms with Crippen LogP contribution in [-0.4, -0.2) is 32.8 Å². The molecule has 1 fully saturated rings. The second-order valence-corrected chi connectivity index (χ2v) is 8.72. The highest BCUT2D eigenvalue weighted by Crippen LogP contribution is 2.30. The Bertz CT molecular complexity index is 1100. The van der Waals surface area contributed by atoms with E-state index in [1.165, 1.54) is 21.3 Å². The van der Waals surface area contributed by atoms with Gasteiger partial charge in [0.05, 0.1) is 5.56 Å². The number of ether oxygens (including phenoxy) is 1. The fraction of sp³-hybridized carbons (Fsp3) is 0.542. The summed E-state index contributed by atoms with van der Waals surface area (Å²) in [5, 5.41) is 9.14. The van der Waals surface area contributed by atoms with Gasteiger partial charge >= 0.3 is 5.69 Å². The van der Waals surface area contributed by atoms with Gasteiger partial charge in [-0.3, -0.25) is 13.9 Å². The Morgan fingerprint density at radius 2 is 1.88 bits per heavy atom. The normalized spacial score (nSPS) is 18.8. The van der Waals surface area contributed by atoms with Gasteiger partial charge in [-0.15, -0.1) is 0 Å². The van der Waals surface area contributed by atoms with E-state index in [4.69, 9.17) is 14.8 Å². The lowest BCUT2D eigenvalue weighted by Crippen LogP contribution is -2.41. The number of aliphatic hydroxyl groups excluding tert-OH is 1. The molecule has 8 heteroatoms. The Labute approximate surface area is 186 Å². The Morgan fingerprint density at radius 1 is 1.16 bits per heavy atom. The molecule has 172 valence electrons. The molecule has 1 unspecified atom stereocenters. The highest BCUT2D eigenvalue weighted by Gasteiger charge is 2.29. The minimum Gasteiger partial charge on any atom is -0.477 e. The van der Waals surface area contributed by atoms with Crippen LogP contribution in [0.5, 0.6) is 0 Å². The zero-order valence-electron chi connectivity index (χ0n) is 18.4. The molecule has 0 amide bonds. The summed E-state index contributed by atoms with van der Waals surface area (Å²) < 4.78 is 22.3. The van der Waals surface area contributed by atoms with E-state index in [-0.39, 0.29) is 36.5 Å². The highest BCUT2D eigenvalue weighted by molar-refractivity contribution is 5.82. The highest BCUT2D eigenvalue weighted by atomic mass is 19.1. The molecule has 4 rings (SSSR count). The van der Waals surface area contributed by atoms with Crippen LogP contribution in [0.2, 0.25) is 0 Å². The van der Waals surface area contributed by atoms with Crippen molar-refractivity contribution >= 4 is 11.7 Å². The van der Waals surface area contributed by atoms with Gasteiger partial charge in [-0.1, -0.05) is 12.1 Å². The Hall–Kier alpha value is -2.74. The van der Waals surface area contributed by atoms with Crippen LogP contribution in [0.25, 0.3) is 0 Å². The number of nitrogens with zero attached hydrogens (tertiary/aromatic N) is 3. The summed E-state index contributed by atoms with van der Waals surface area (Å²) in [4.78, 5) is 30.7. The molecule has 1 N–H and O–H groups in total. The predicted octanol–water partition coefficient (Wildman–Crippen LogP) is 2.86. The minimum atomic E-state index is -0.442. The van der Waals surface area contributed by atoms with E-state index in [9.17, 15) is 14.0 Å². The summed E-state index contributed by atoms with van der Waals surface area (Å²) >= 11 is 0. The fourth-order valence-corrected chi connectivity index (χ4v) is 4.64. The summed E-state index contributed by atoms with van der Waals surface area (Å²) in [6, 6.07) is 6.41. The smallest absolute Gasteiger partial charge is 0.332 e. The van der Waals surface area contributed by atoms with E-state index < -0.39 is 5.69 Å². The Kier molecular flexibility index (Phi) is 6.89. The van der Waals surface area contributed by atoms with Crippen molar-refractivity contribution in [2.45, 2.75) is 64.0 Å². The van der Waals surface area contributed by atoms with Crippen LogP contribution in [0.3, 0.4) is 0 Å². The van der Waals surface area contributed by atoms with Crippen LogP contribution in [0.4, 0.5) is 10.2 Å². The summed E-state index contributed by atoms with van der Waals surface area (Å²) in [5.74, 6) is 0.558. The average molecular weight is 444 g/mol. The van der Waals surface area contributed by atoms with Gasteiger partial charge in [0.2, 0.25) is 0 Å². The van der Waals surface area contributed by atoms with Crippen LogP contribution in [-0.2, 0) is 31.2 Å². The lowest BCUT2D eigenvalue weighted by Gasteiger charge is -2.21. The number of fused-ring (bicyclic) bond motifs is 1. The fourth-order valence-electron chi connectivity index (χ4n) is 4.64. The molecule has 2 heterocycles. The van der Waals surface area contributed by atoms with Crippen molar-refractivity contribution in [1.29, 1.82) is 0 Å². The predicted molar refractivity (Wildman–Crippen MR) is 120 cm³/mol. The monoisotopic (exact) mass is 443 g/mol. The number of halogens is 1. The molecule has 1 aromatic carbocycles. The van der Waals surface area contributed by atoms with Crippen molar-refractivity contribution in [3.05, 3.63) is 62.0 Å². The maximum absolute atomic E-state index is 13.4. The summed E-state index contributed by atoms with van der Waals surface area (Å²) in [6.07, 6.45) is 6.32. The van der Waals surface area contributed by atoms with Crippen LogP contribution < -0.4 is 11.2 Å². The van der Waals surface area contributed by atoms with Gasteiger partial charge in [-0.05, 0) is 69.1 Å². The van der Waals surface area contributed by atoms with Crippen molar-refractivity contribution in [3.8, 4) is 0 Å². The quantitative estimate of drug-likeness (QED) is 0.744. The van der Waals surface area contributed by atoms with Gasteiger partial charge < -0.3 is 9.84 Å². The third kappa shape index (κ3) is 4.70. The molecule has 2 aliphatic rings. The summed E-state index contributed by atoms with van der Waals surface area (Å²) in [5.41, 5.74) is 0.685. The second-order valence-electron chi connectivity index (χ2n) is 8.72. The van der Waals surface area contributed by atoms with Crippen molar-refractivity contribution in [1.82, 2.24) is 9.13 Å². The molecule has 0 saturated heterocycles. The number of aliphatic hydroxyl groups is 1. The number of aliphatic imine (C=N–C) groups is 1. The van der Waals surface area contributed by atoms with Gasteiger partial charge in [0.25, 0.3) is 5.56 Å². The van der Waals surface area contributed by atoms with E-state index in [0.717, 1.165) is 31.2 Å². The lowest BCUT2D eigenvalue weighted by atomic mass is 9.93. The summed E-state index contributed by atoms with van der Waals surface area (Å²) in [7, 11) is 1.62. The molecule has 1 saturated carbocycles. The maximum Gasteiger partial charge on any atom is 0.332 e. The van der Waals surface area contributed by atoms with Gasteiger partial charge in [-0.25, -0.2) is 9.18 Å². The Balaban J connectivity index is 1.73. The van der Waals surface area contributed by atoms with Crippen molar-refractivity contribution < 1.29 is 14.2 Å². The molecule has 1 aromatic heterocycles. The van der Waals surface area contributed by atoms with E-state index >= 15 is 0 Å². The molecule has 32 heavy (non-hydrogen) atoms. The molecule has 1 aliphatic heterocycles. The molecule has 2 aromatic rings. The van der Waals surface area contributed by atoms with E-state index in [1.54, 1.807) is 19.2 Å². The molecule has 1 atom stereocenters. The first-order valence-corrected chi connectivity index (χ1v) is 11.4. The number of rotatable bonds is 6. The minimum absolute atomic E-state index is 0.0751. The Morgan fingerprint density at radius 3 is 2.56 bits per heavy atom. The number of benzene rings is 1. The van der Waals surface area contributed by atoms with Gasteiger partial charge in [0, 0.05) is 26.1 Å². The molecule has 0 radical (unpaired) electrons. The second kappa shape index (κ2) is 9.81. The van der Waals surface area contributed by atoms with Crippen LogP contribution in [0.1, 0.15) is 49.7 Å². The SMILES string of the molecule is Cn1c2c(c(=O)n(CCCO)c1=O)CCC(Cc1ccc(F)cc1)C(OC1CCCC1)=N2. The number of hydrogen-bond donors (Lipinski definition) is 1. The molecule has 0 spiro atoms. The van der Waals surface area contributed by atoms with Gasteiger partial charge in [0.1, 0.15) is 17.7 Å². The van der Waals surface area contributed by atoms with Crippen molar-refractivity contribution in [3.63, 3.8) is 0 Å². The maximum atomic E-state index is 13.4. The van der Waals surface area contributed by atoms with E-state index in [2.05, 4.69) is 0 Å². The van der Waals surface area contributed by atoms with E-state index in [1.807, 2.05) is 0 Å². The van der Waals surface area contributed by atoms with Crippen molar-refractivity contribution in [2.75, 3.05) is 6.61 Å². The first-order chi connectivity index (χ1) is 15.5. The zero-order chi connectivity index (χ0) is 22.7. The molecular weight excluding hydrogens is 413 g/mol. The van der Waals surface area contributed by atoms with Crippen LogP contribution in [0.15, 0.2) is 38.8 Å². The first-order valence-electron chi connectivity index (χ1n) is 11.4. The molecule has 7 nitrogen and oxygen atoms in total. The van der Waals surface area contributed by atoms with Gasteiger partial charge in [-0.2, -0.15) is 4.99 Å². The largest absolute Gasteiger partial charge is 0.477 e. The molecular formula is C24H30FN3O4. The molecule has 1 aliphatic carbocycles. The topological polar surface area (TPSA) is 85.8 Å². The third-order valence-electron chi connectivity index (χ3n) is 6.44. The molecule has 0 bridgehead atoms. The first kappa shape index (κ1) is 22.5. The summed E-state index contributed by atoms with van der Waals surface area (Å²) in [6.45, 7) is 0.0768.